The number of thioether (sulfide) groups is 1. The van der Waals surface area contributed by atoms with Crippen LogP contribution >= 0.6 is 11.8 Å². The number of nitrogens with one attached hydrogen (secondary N) is 1. The van der Waals surface area contributed by atoms with E-state index in [9.17, 15) is 4.79 Å². The number of likely N-dealkylation sites (N-methyl/N-ethyl adjacent to an activating group) is 1. The molecule has 1 heterocycles. The van der Waals surface area contributed by atoms with Gasteiger partial charge in [-0.15, -0.1) is 11.8 Å². The van der Waals surface area contributed by atoms with E-state index in [2.05, 4.69) is 43.4 Å². The molecule has 4 heteroatoms. The summed E-state index contributed by atoms with van der Waals surface area (Å²) in [6, 6.07) is 8.49. The van der Waals surface area contributed by atoms with Crippen LogP contribution in [0, 0.1) is 6.92 Å². The molecule has 1 aromatic rings. The van der Waals surface area contributed by atoms with Crippen LogP contribution in [-0.4, -0.2) is 36.2 Å². The van der Waals surface area contributed by atoms with Crippen LogP contribution < -0.4 is 5.32 Å². The summed E-state index contributed by atoms with van der Waals surface area (Å²) in [6.45, 7) is 6.77. The monoisotopic (exact) mass is 264 g/mol. The minimum atomic E-state index is 0.191. The predicted octanol–water partition coefficient (Wildman–Crippen LogP) is 2.18. The average Bonchev–Trinajstić information content (AvgIpc) is 2.73. The number of hydrogen-bond acceptors (Lipinski definition) is 3. The van der Waals surface area contributed by atoms with Crippen LogP contribution in [0.15, 0.2) is 24.3 Å². The maximum atomic E-state index is 11.9. The third kappa shape index (κ3) is 3.06. The number of benzene rings is 1. The van der Waals surface area contributed by atoms with Gasteiger partial charge in [-0.2, -0.15) is 0 Å². The number of nitrogens with zero attached hydrogens (tertiary/aromatic N) is 1. The van der Waals surface area contributed by atoms with Crippen molar-refractivity contribution in [3.8, 4) is 0 Å². The number of hydrogen-bond donors (Lipinski definition) is 1. The summed E-state index contributed by atoms with van der Waals surface area (Å²) < 4.78 is 0. The zero-order chi connectivity index (χ0) is 13.0. The molecule has 2 rings (SSSR count). The van der Waals surface area contributed by atoms with Gasteiger partial charge >= 0.3 is 0 Å². The van der Waals surface area contributed by atoms with Crippen molar-refractivity contribution >= 4 is 17.7 Å². The van der Waals surface area contributed by atoms with Crippen molar-refractivity contribution in [3.05, 3.63) is 35.4 Å². The normalized spacial score (nSPS) is 19.6. The summed E-state index contributed by atoms with van der Waals surface area (Å²) in [7, 11) is 0. The standard InChI is InChI=1S/C14H20N2OS/c1-3-15-8-9-16-13(17)10-18-14(16)12-6-4-11(2)5-7-12/h4-7,14-15H,3,8-10H2,1-2H3. The van der Waals surface area contributed by atoms with Crippen molar-refractivity contribution in [2.75, 3.05) is 25.4 Å². The molecule has 0 spiro atoms. The minimum absolute atomic E-state index is 0.191. The molecule has 0 radical (unpaired) electrons. The van der Waals surface area contributed by atoms with Gasteiger partial charge in [0.15, 0.2) is 0 Å². The van der Waals surface area contributed by atoms with E-state index in [1.807, 2.05) is 4.90 Å². The predicted molar refractivity (Wildman–Crippen MR) is 76.6 cm³/mol. The second kappa shape index (κ2) is 6.25. The van der Waals surface area contributed by atoms with E-state index in [1.165, 1.54) is 11.1 Å². The first-order valence-electron chi connectivity index (χ1n) is 6.40. The van der Waals surface area contributed by atoms with Gasteiger partial charge in [0, 0.05) is 13.1 Å². The first-order chi connectivity index (χ1) is 8.72. The van der Waals surface area contributed by atoms with Crippen molar-refractivity contribution in [2.24, 2.45) is 0 Å². The van der Waals surface area contributed by atoms with Crippen molar-refractivity contribution in [1.29, 1.82) is 0 Å². The molecule has 1 atom stereocenters. The molecule has 3 nitrogen and oxygen atoms in total. The molecule has 0 aliphatic carbocycles. The Morgan fingerprint density at radius 2 is 2.11 bits per heavy atom. The summed E-state index contributed by atoms with van der Waals surface area (Å²) in [5, 5.41) is 3.47. The number of amides is 1. The molecule has 0 aromatic heterocycles. The highest BCUT2D eigenvalue weighted by atomic mass is 32.2. The molecular formula is C14H20N2OS. The summed E-state index contributed by atoms with van der Waals surface area (Å²) in [4.78, 5) is 13.9. The number of carbonyl (C=O) groups is 1. The molecule has 1 aromatic carbocycles. The van der Waals surface area contributed by atoms with Gasteiger partial charge in [0.25, 0.3) is 0 Å². The van der Waals surface area contributed by atoms with Crippen molar-refractivity contribution < 1.29 is 4.79 Å². The highest BCUT2D eigenvalue weighted by Crippen LogP contribution is 2.38. The molecule has 98 valence electrons. The van der Waals surface area contributed by atoms with Crippen LogP contribution in [0.2, 0.25) is 0 Å². The fraction of sp³-hybridized carbons (Fsp3) is 0.500. The van der Waals surface area contributed by atoms with Crippen molar-refractivity contribution in [1.82, 2.24) is 10.2 Å². The second-order valence-electron chi connectivity index (χ2n) is 4.51. The second-order valence-corrected chi connectivity index (χ2v) is 5.58. The lowest BCUT2D eigenvalue weighted by Gasteiger charge is -2.24. The summed E-state index contributed by atoms with van der Waals surface area (Å²) in [6.07, 6.45) is 0. The van der Waals surface area contributed by atoms with Crippen LogP contribution in [0.25, 0.3) is 0 Å². The fourth-order valence-electron chi connectivity index (χ4n) is 2.08. The molecule has 1 amide bonds. The molecule has 18 heavy (non-hydrogen) atoms. The third-order valence-corrected chi connectivity index (χ3v) is 4.37. The Balaban J connectivity index is 2.06. The largest absolute Gasteiger partial charge is 0.325 e. The van der Waals surface area contributed by atoms with Crippen molar-refractivity contribution in [3.63, 3.8) is 0 Å². The van der Waals surface area contributed by atoms with E-state index in [0.717, 1.165) is 19.6 Å². The zero-order valence-corrected chi connectivity index (χ0v) is 11.8. The molecule has 1 aliphatic heterocycles. The fourth-order valence-corrected chi connectivity index (χ4v) is 3.30. The topological polar surface area (TPSA) is 32.3 Å². The van der Waals surface area contributed by atoms with E-state index in [1.54, 1.807) is 11.8 Å². The summed E-state index contributed by atoms with van der Waals surface area (Å²) in [5.41, 5.74) is 2.49. The van der Waals surface area contributed by atoms with Crippen LogP contribution in [0.3, 0.4) is 0 Å². The molecule has 1 fully saturated rings. The highest BCUT2D eigenvalue weighted by Gasteiger charge is 2.31. The maximum Gasteiger partial charge on any atom is 0.233 e. The smallest absolute Gasteiger partial charge is 0.233 e. The van der Waals surface area contributed by atoms with Gasteiger partial charge in [-0.3, -0.25) is 4.79 Å². The van der Waals surface area contributed by atoms with Crippen LogP contribution in [0.1, 0.15) is 23.4 Å². The Morgan fingerprint density at radius 3 is 2.78 bits per heavy atom. The lowest BCUT2D eigenvalue weighted by molar-refractivity contribution is -0.128. The molecule has 1 unspecified atom stereocenters. The van der Waals surface area contributed by atoms with Gasteiger partial charge in [-0.25, -0.2) is 0 Å². The van der Waals surface area contributed by atoms with Gasteiger partial charge < -0.3 is 10.2 Å². The lowest BCUT2D eigenvalue weighted by Crippen LogP contribution is -2.35. The molecule has 1 aliphatic rings. The van der Waals surface area contributed by atoms with Gasteiger partial charge in [0.1, 0.15) is 5.37 Å². The number of carbonyl (C=O) groups excluding carboxylic acids is 1. The number of rotatable bonds is 5. The minimum Gasteiger partial charge on any atom is -0.325 e. The summed E-state index contributed by atoms with van der Waals surface area (Å²) >= 11 is 1.72. The third-order valence-electron chi connectivity index (χ3n) is 3.11. The van der Waals surface area contributed by atoms with E-state index < -0.39 is 0 Å². The summed E-state index contributed by atoms with van der Waals surface area (Å²) in [5.74, 6) is 0.855. The Morgan fingerprint density at radius 1 is 1.39 bits per heavy atom. The van der Waals surface area contributed by atoms with E-state index >= 15 is 0 Å². The van der Waals surface area contributed by atoms with Gasteiger partial charge in [0.2, 0.25) is 5.91 Å². The van der Waals surface area contributed by atoms with Gasteiger partial charge in [0.05, 0.1) is 5.75 Å². The Hall–Kier alpha value is -1.00. The van der Waals surface area contributed by atoms with E-state index in [-0.39, 0.29) is 11.3 Å². The van der Waals surface area contributed by atoms with E-state index in [0.29, 0.717) is 5.75 Å². The van der Waals surface area contributed by atoms with E-state index in [4.69, 9.17) is 0 Å². The Kier molecular flexibility index (Phi) is 4.66. The zero-order valence-electron chi connectivity index (χ0n) is 11.0. The Labute approximate surface area is 113 Å². The van der Waals surface area contributed by atoms with Gasteiger partial charge in [-0.1, -0.05) is 36.8 Å². The highest BCUT2D eigenvalue weighted by molar-refractivity contribution is 8.00. The van der Waals surface area contributed by atoms with Gasteiger partial charge in [-0.05, 0) is 19.0 Å². The van der Waals surface area contributed by atoms with Crippen molar-refractivity contribution in [2.45, 2.75) is 19.2 Å². The average molecular weight is 264 g/mol. The molecular weight excluding hydrogens is 244 g/mol. The molecule has 1 saturated heterocycles. The lowest BCUT2D eigenvalue weighted by atomic mass is 10.1. The molecule has 0 bridgehead atoms. The maximum absolute atomic E-state index is 11.9. The SMILES string of the molecule is CCNCCN1C(=O)CSC1c1ccc(C)cc1. The first kappa shape index (κ1) is 13.4. The Bertz CT molecular complexity index is 405. The van der Waals surface area contributed by atoms with Crippen LogP contribution in [0.4, 0.5) is 0 Å². The first-order valence-corrected chi connectivity index (χ1v) is 7.45. The molecule has 0 saturated carbocycles. The quantitative estimate of drug-likeness (QED) is 0.827. The number of aryl methyl sites for hydroxylation is 1. The van der Waals surface area contributed by atoms with Crippen LogP contribution in [-0.2, 0) is 4.79 Å². The van der Waals surface area contributed by atoms with Crippen LogP contribution in [0.5, 0.6) is 0 Å². The molecule has 1 N–H and O–H groups in total.